The molecule has 0 saturated heterocycles. The Morgan fingerprint density at radius 1 is 1.02 bits per heavy atom. The molecule has 0 fully saturated rings. The van der Waals surface area contributed by atoms with Crippen molar-refractivity contribution in [2.45, 2.75) is 50.9 Å². The number of alkyl halides is 3. The second kappa shape index (κ2) is 14.1. The second-order valence-electron chi connectivity index (χ2n) is 9.82. The predicted octanol–water partition coefficient (Wildman–Crippen LogP) is 5.81. The summed E-state index contributed by atoms with van der Waals surface area (Å²) in [6.07, 6.45) is -4.24. The van der Waals surface area contributed by atoms with E-state index in [2.05, 4.69) is 5.32 Å². The lowest BCUT2D eigenvalue weighted by Gasteiger charge is -2.32. The molecule has 3 aromatic carbocycles. The van der Waals surface area contributed by atoms with E-state index in [9.17, 15) is 31.2 Å². The lowest BCUT2D eigenvalue weighted by molar-refractivity contribution is -0.139. The fourth-order valence-corrected chi connectivity index (χ4v) is 5.79. The van der Waals surface area contributed by atoms with E-state index in [1.165, 1.54) is 43.2 Å². The van der Waals surface area contributed by atoms with Crippen molar-refractivity contribution in [3.05, 3.63) is 88.4 Å². The average molecular weight is 640 g/mol. The molecule has 0 radical (unpaired) electrons. The van der Waals surface area contributed by atoms with Crippen LogP contribution in [0.5, 0.6) is 5.75 Å². The number of hydrogen-bond donors (Lipinski definition) is 1. The molecule has 0 aliphatic heterocycles. The number of hydrogen-bond acceptors (Lipinski definition) is 5. The van der Waals surface area contributed by atoms with Gasteiger partial charge in [0.05, 0.1) is 28.3 Å². The lowest BCUT2D eigenvalue weighted by atomic mass is 10.1. The Morgan fingerprint density at radius 2 is 1.65 bits per heavy atom. The quantitative estimate of drug-likeness (QED) is 0.270. The standard InChI is InChI=1S/C30H33ClF3N3O5S/c1-5-16-35-29(39)21(3)36(18-22-8-11-24(42-4)12-9-22)28(38)19-37(43(40,41)25-13-6-20(2)7-14-25)23-10-15-27(31)26(17-23)30(32,33)34/h6-15,17,21H,5,16,18-19H2,1-4H3,(H,35,39)/t21-/m1/s1. The van der Waals surface area contributed by atoms with Crippen LogP contribution in [-0.2, 0) is 32.3 Å². The van der Waals surface area contributed by atoms with E-state index >= 15 is 0 Å². The first kappa shape index (κ1) is 33.7. The molecule has 3 aromatic rings. The molecular formula is C30H33ClF3N3O5S. The molecule has 0 aliphatic carbocycles. The van der Waals surface area contributed by atoms with Gasteiger partial charge < -0.3 is 15.0 Å². The summed E-state index contributed by atoms with van der Waals surface area (Å²) in [5, 5.41) is 2.10. The first-order valence-corrected chi connectivity index (χ1v) is 15.2. The lowest BCUT2D eigenvalue weighted by Crippen LogP contribution is -2.51. The molecule has 0 unspecified atom stereocenters. The largest absolute Gasteiger partial charge is 0.497 e. The molecular weight excluding hydrogens is 607 g/mol. The van der Waals surface area contributed by atoms with Gasteiger partial charge in [0.25, 0.3) is 10.0 Å². The van der Waals surface area contributed by atoms with E-state index in [-0.39, 0.29) is 11.4 Å². The molecule has 13 heteroatoms. The highest BCUT2D eigenvalue weighted by Crippen LogP contribution is 2.38. The Balaban J connectivity index is 2.10. The van der Waals surface area contributed by atoms with Gasteiger partial charge in [-0.1, -0.05) is 48.4 Å². The van der Waals surface area contributed by atoms with E-state index < -0.39 is 56.9 Å². The highest BCUT2D eigenvalue weighted by Gasteiger charge is 2.37. The minimum Gasteiger partial charge on any atom is -0.497 e. The molecule has 8 nitrogen and oxygen atoms in total. The van der Waals surface area contributed by atoms with Gasteiger partial charge in [-0.25, -0.2) is 8.42 Å². The number of sulfonamides is 1. The van der Waals surface area contributed by atoms with Gasteiger partial charge in [0.2, 0.25) is 11.8 Å². The van der Waals surface area contributed by atoms with Gasteiger partial charge >= 0.3 is 6.18 Å². The zero-order valence-corrected chi connectivity index (χ0v) is 25.7. The van der Waals surface area contributed by atoms with Gasteiger partial charge in [-0.15, -0.1) is 0 Å². The Hall–Kier alpha value is -3.77. The summed E-state index contributed by atoms with van der Waals surface area (Å²) in [5.74, 6) is -0.717. The third-order valence-electron chi connectivity index (χ3n) is 6.66. The fraction of sp³-hybridized carbons (Fsp3) is 0.333. The number of carbonyl (C=O) groups is 2. The van der Waals surface area contributed by atoms with Crippen LogP contribution in [0, 0.1) is 6.92 Å². The van der Waals surface area contributed by atoms with Crippen LogP contribution in [0.25, 0.3) is 0 Å². The van der Waals surface area contributed by atoms with Crippen molar-refractivity contribution in [3.8, 4) is 5.75 Å². The van der Waals surface area contributed by atoms with Crippen molar-refractivity contribution in [2.75, 3.05) is 24.5 Å². The summed E-state index contributed by atoms with van der Waals surface area (Å²) in [6, 6.07) is 14.0. The highest BCUT2D eigenvalue weighted by atomic mass is 35.5. The smallest absolute Gasteiger partial charge is 0.417 e. The zero-order valence-electron chi connectivity index (χ0n) is 24.1. The van der Waals surface area contributed by atoms with E-state index in [4.69, 9.17) is 16.3 Å². The zero-order chi connectivity index (χ0) is 31.9. The molecule has 0 bridgehead atoms. The molecule has 0 heterocycles. The van der Waals surface area contributed by atoms with Gasteiger partial charge in [0.15, 0.2) is 0 Å². The third-order valence-corrected chi connectivity index (χ3v) is 8.78. The average Bonchev–Trinajstić information content (AvgIpc) is 2.97. The first-order valence-electron chi connectivity index (χ1n) is 13.3. The molecule has 0 saturated carbocycles. The summed E-state index contributed by atoms with van der Waals surface area (Å²) in [5.41, 5.74) is -0.308. The number of anilines is 1. The molecule has 1 atom stereocenters. The van der Waals surface area contributed by atoms with Crippen LogP contribution >= 0.6 is 11.6 Å². The number of aryl methyl sites for hydroxylation is 1. The van der Waals surface area contributed by atoms with Gasteiger partial charge in [0, 0.05) is 13.1 Å². The number of ether oxygens (including phenoxy) is 1. The number of carbonyl (C=O) groups excluding carboxylic acids is 2. The van der Waals surface area contributed by atoms with Crippen molar-refractivity contribution >= 4 is 39.1 Å². The molecule has 0 spiro atoms. The fourth-order valence-electron chi connectivity index (χ4n) is 4.16. The van der Waals surface area contributed by atoms with Crippen LogP contribution in [0.3, 0.4) is 0 Å². The summed E-state index contributed by atoms with van der Waals surface area (Å²) < 4.78 is 74.8. The highest BCUT2D eigenvalue weighted by molar-refractivity contribution is 7.92. The summed E-state index contributed by atoms with van der Waals surface area (Å²) in [7, 11) is -3.06. The normalized spacial score (nSPS) is 12.4. The summed E-state index contributed by atoms with van der Waals surface area (Å²) in [4.78, 5) is 27.8. The van der Waals surface area contributed by atoms with Gasteiger partial charge in [0.1, 0.15) is 18.3 Å². The van der Waals surface area contributed by atoms with Gasteiger partial charge in [-0.05, 0) is 68.3 Å². The molecule has 3 rings (SSSR count). The molecule has 0 aromatic heterocycles. The number of benzene rings is 3. The van der Waals surface area contributed by atoms with Crippen molar-refractivity contribution in [3.63, 3.8) is 0 Å². The number of rotatable bonds is 12. The number of halogens is 4. The van der Waals surface area contributed by atoms with Crippen LogP contribution in [0.4, 0.5) is 18.9 Å². The van der Waals surface area contributed by atoms with Crippen LogP contribution in [0.15, 0.2) is 71.6 Å². The number of nitrogens with zero attached hydrogens (tertiary/aromatic N) is 2. The second-order valence-corrected chi connectivity index (χ2v) is 12.1. The third kappa shape index (κ3) is 8.41. The van der Waals surface area contributed by atoms with E-state index in [1.54, 1.807) is 31.2 Å². The van der Waals surface area contributed by atoms with Crippen LogP contribution < -0.4 is 14.4 Å². The van der Waals surface area contributed by atoms with E-state index in [0.29, 0.717) is 34.7 Å². The summed E-state index contributed by atoms with van der Waals surface area (Å²) in [6.45, 7) is 4.48. The van der Waals surface area contributed by atoms with Crippen LogP contribution in [-0.4, -0.2) is 51.4 Å². The van der Waals surface area contributed by atoms with E-state index in [1.807, 2.05) is 6.92 Å². The Bertz CT molecular complexity index is 1530. The summed E-state index contributed by atoms with van der Waals surface area (Å²) >= 11 is 5.80. The topological polar surface area (TPSA) is 96.0 Å². The van der Waals surface area contributed by atoms with Crippen LogP contribution in [0.2, 0.25) is 5.02 Å². The van der Waals surface area contributed by atoms with Gasteiger partial charge in [-0.2, -0.15) is 13.2 Å². The maximum absolute atomic E-state index is 13.9. The molecule has 0 aliphatic rings. The Morgan fingerprint density at radius 3 is 2.21 bits per heavy atom. The number of methoxy groups -OCH3 is 1. The van der Waals surface area contributed by atoms with Crippen molar-refractivity contribution < 1.29 is 35.9 Å². The van der Waals surface area contributed by atoms with Gasteiger partial charge in [-0.3, -0.25) is 13.9 Å². The monoisotopic (exact) mass is 639 g/mol. The van der Waals surface area contributed by atoms with Crippen molar-refractivity contribution in [1.82, 2.24) is 10.2 Å². The Labute approximate surface area is 254 Å². The predicted molar refractivity (Wildman–Crippen MR) is 158 cm³/mol. The minimum atomic E-state index is -4.89. The Kier molecular flexibility index (Phi) is 11.1. The van der Waals surface area contributed by atoms with Crippen molar-refractivity contribution in [2.24, 2.45) is 0 Å². The SMILES string of the molecule is CCCNC(=O)[C@@H](C)N(Cc1ccc(OC)cc1)C(=O)CN(c1ccc(Cl)c(C(F)(F)F)c1)S(=O)(=O)c1ccc(C)cc1. The first-order chi connectivity index (χ1) is 20.2. The number of nitrogens with one attached hydrogen (secondary N) is 1. The molecule has 43 heavy (non-hydrogen) atoms. The van der Waals surface area contributed by atoms with Crippen LogP contribution in [0.1, 0.15) is 37.0 Å². The minimum absolute atomic E-state index is 0.0869. The maximum Gasteiger partial charge on any atom is 0.417 e. The molecule has 1 N–H and O–H groups in total. The molecule has 232 valence electrons. The maximum atomic E-state index is 13.9. The molecule has 2 amide bonds. The number of amides is 2. The van der Waals surface area contributed by atoms with Crippen molar-refractivity contribution in [1.29, 1.82) is 0 Å². The van der Waals surface area contributed by atoms with E-state index in [0.717, 1.165) is 17.7 Å².